The molecule has 2 aliphatic heterocycles. The van der Waals surface area contributed by atoms with Gasteiger partial charge in [0.2, 0.25) is 10.0 Å². The number of pyridine rings is 1. The molecule has 0 unspecified atom stereocenters. The van der Waals surface area contributed by atoms with E-state index in [1.54, 1.807) is 24.4 Å². The number of nitrogens with zero attached hydrogens (tertiary/aromatic N) is 4. The molecule has 2 aromatic rings. The van der Waals surface area contributed by atoms with Crippen LogP contribution in [0.4, 0.5) is 17.2 Å². The molecule has 0 saturated carbocycles. The summed E-state index contributed by atoms with van der Waals surface area (Å²) in [6.45, 7) is 4.66. The lowest BCUT2D eigenvalue weighted by atomic mass is 10.1. The Kier molecular flexibility index (Phi) is 7.16. The number of sulfonamides is 1. The third-order valence-corrected chi connectivity index (χ3v) is 7.86. The number of amides is 1. The third kappa shape index (κ3) is 5.29. The normalized spacial score (nSPS) is 17.3. The number of morpholine rings is 1. The lowest BCUT2D eigenvalue weighted by molar-refractivity contribution is 0.102. The highest BCUT2D eigenvalue weighted by atomic mass is 32.2. The number of hydrogen-bond donors (Lipinski definition) is 1. The van der Waals surface area contributed by atoms with E-state index in [0.29, 0.717) is 24.6 Å². The summed E-state index contributed by atoms with van der Waals surface area (Å²) in [6, 6.07) is 8.48. The summed E-state index contributed by atoms with van der Waals surface area (Å²) in [7, 11) is -0.708. The van der Waals surface area contributed by atoms with Crippen LogP contribution in [0.15, 0.2) is 41.4 Å². The van der Waals surface area contributed by atoms with Crippen LogP contribution in [0.2, 0.25) is 0 Å². The Morgan fingerprint density at radius 3 is 2.36 bits per heavy atom. The Morgan fingerprint density at radius 1 is 1.00 bits per heavy atom. The van der Waals surface area contributed by atoms with Gasteiger partial charge >= 0.3 is 0 Å². The fourth-order valence-electron chi connectivity index (χ4n) is 4.13. The SMILES string of the molecule is CN(C)S(=O)(=O)c1ccc(N2CCCCC2)c(C(=O)Nc2ccc(N3CCOCC3)cn2)c1. The van der Waals surface area contributed by atoms with E-state index in [1.807, 2.05) is 6.07 Å². The van der Waals surface area contributed by atoms with Gasteiger partial charge in [0, 0.05) is 46.0 Å². The van der Waals surface area contributed by atoms with Crippen molar-refractivity contribution in [1.29, 1.82) is 0 Å². The molecule has 0 bridgehead atoms. The number of aromatic nitrogens is 1. The summed E-state index contributed by atoms with van der Waals surface area (Å²) < 4.78 is 31.9. The van der Waals surface area contributed by atoms with Crippen molar-refractivity contribution >= 4 is 33.1 Å². The third-order valence-electron chi connectivity index (χ3n) is 6.05. The molecule has 0 radical (unpaired) electrons. The topological polar surface area (TPSA) is 95.1 Å². The van der Waals surface area contributed by atoms with Gasteiger partial charge in [-0.2, -0.15) is 0 Å². The molecular formula is C23H31N5O4S. The fourth-order valence-corrected chi connectivity index (χ4v) is 5.06. The molecule has 2 saturated heterocycles. The Morgan fingerprint density at radius 2 is 1.73 bits per heavy atom. The molecule has 10 heteroatoms. The zero-order chi connectivity index (χ0) is 23.4. The summed E-state index contributed by atoms with van der Waals surface area (Å²) in [5.41, 5.74) is 2.05. The Bertz CT molecular complexity index is 1080. The van der Waals surface area contributed by atoms with Crippen molar-refractivity contribution in [3.8, 4) is 0 Å². The predicted octanol–water partition coefficient (Wildman–Crippen LogP) is 2.41. The monoisotopic (exact) mass is 473 g/mol. The van der Waals surface area contributed by atoms with Crippen LogP contribution in [0.25, 0.3) is 0 Å². The molecular weight excluding hydrogens is 442 g/mol. The number of piperidine rings is 1. The second-order valence-electron chi connectivity index (χ2n) is 8.47. The van der Waals surface area contributed by atoms with Crippen LogP contribution >= 0.6 is 0 Å². The maximum absolute atomic E-state index is 13.3. The van der Waals surface area contributed by atoms with Gasteiger partial charge in [0.1, 0.15) is 5.82 Å². The smallest absolute Gasteiger partial charge is 0.258 e. The van der Waals surface area contributed by atoms with Crippen molar-refractivity contribution in [2.45, 2.75) is 24.2 Å². The highest BCUT2D eigenvalue weighted by molar-refractivity contribution is 7.89. The molecule has 33 heavy (non-hydrogen) atoms. The average Bonchev–Trinajstić information content (AvgIpc) is 2.85. The number of nitrogens with one attached hydrogen (secondary N) is 1. The van der Waals surface area contributed by atoms with Gasteiger partial charge in [-0.1, -0.05) is 0 Å². The van der Waals surface area contributed by atoms with Gasteiger partial charge in [0.05, 0.1) is 35.6 Å². The second kappa shape index (κ2) is 10.1. The first-order valence-corrected chi connectivity index (χ1v) is 12.7. The lowest BCUT2D eigenvalue weighted by Gasteiger charge is -2.30. The molecule has 4 rings (SSSR count). The van der Waals surface area contributed by atoms with E-state index < -0.39 is 10.0 Å². The van der Waals surface area contributed by atoms with Crippen LogP contribution in [0, 0.1) is 0 Å². The minimum absolute atomic E-state index is 0.0917. The maximum Gasteiger partial charge on any atom is 0.258 e. The van der Waals surface area contributed by atoms with E-state index in [0.717, 1.165) is 61.1 Å². The zero-order valence-corrected chi connectivity index (χ0v) is 20.0. The highest BCUT2D eigenvalue weighted by Gasteiger charge is 2.24. The first-order valence-electron chi connectivity index (χ1n) is 11.3. The van der Waals surface area contributed by atoms with Crippen LogP contribution in [-0.2, 0) is 14.8 Å². The van der Waals surface area contributed by atoms with Crippen molar-refractivity contribution in [2.24, 2.45) is 0 Å². The van der Waals surface area contributed by atoms with E-state index in [-0.39, 0.29) is 10.8 Å². The quantitative estimate of drug-likeness (QED) is 0.688. The number of carbonyl (C=O) groups is 1. The molecule has 178 valence electrons. The Labute approximate surface area is 195 Å². The summed E-state index contributed by atoms with van der Waals surface area (Å²) in [5.74, 6) is 0.0421. The highest BCUT2D eigenvalue weighted by Crippen LogP contribution is 2.28. The summed E-state index contributed by atoms with van der Waals surface area (Å²) >= 11 is 0. The molecule has 9 nitrogen and oxygen atoms in total. The van der Waals surface area contributed by atoms with Crippen LogP contribution in [0.3, 0.4) is 0 Å². The predicted molar refractivity (Wildman–Crippen MR) is 129 cm³/mol. The van der Waals surface area contributed by atoms with E-state index >= 15 is 0 Å². The molecule has 3 heterocycles. The van der Waals surface area contributed by atoms with Crippen LogP contribution < -0.4 is 15.1 Å². The van der Waals surface area contributed by atoms with Crippen LogP contribution in [0.1, 0.15) is 29.6 Å². The van der Waals surface area contributed by atoms with Gasteiger partial charge in [-0.25, -0.2) is 17.7 Å². The van der Waals surface area contributed by atoms with Gasteiger partial charge in [-0.3, -0.25) is 4.79 Å². The molecule has 2 aliphatic rings. The molecule has 0 atom stereocenters. The summed E-state index contributed by atoms with van der Waals surface area (Å²) in [4.78, 5) is 22.1. The number of rotatable bonds is 6. The standard InChI is InChI=1S/C23H31N5O4S/c1-26(2)33(30,31)19-7-8-21(28-10-4-3-5-11-28)20(16-19)23(29)25-22-9-6-18(17-24-22)27-12-14-32-15-13-27/h6-9,16-17H,3-5,10-15H2,1-2H3,(H,24,25,29). The number of ether oxygens (including phenoxy) is 1. The van der Waals surface area contributed by atoms with E-state index in [9.17, 15) is 13.2 Å². The minimum atomic E-state index is -3.67. The first kappa shape index (κ1) is 23.5. The summed E-state index contributed by atoms with van der Waals surface area (Å²) in [5, 5.41) is 2.85. The molecule has 0 spiro atoms. The van der Waals surface area contributed by atoms with Crippen LogP contribution in [-0.4, -0.2) is 77.1 Å². The van der Waals surface area contributed by atoms with Crippen LogP contribution in [0.5, 0.6) is 0 Å². The number of benzene rings is 1. The van der Waals surface area contributed by atoms with Gasteiger partial charge in [0.25, 0.3) is 5.91 Å². The molecule has 2 fully saturated rings. The largest absolute Gasteiger partial charge is 0.378 e. The van der Waals surface area contributed by atoms with Gasteiger partial charge in [0.15, 0.2) is 0 Å². The number of carbonyl (C=O) groups excluding carboxylic acids is 1. The Hall–Kier alpha value is -2.69. The number of hydrogen-bond acceptors (Lipinski definition) is 7. The van der Waals surface area contributed by atoms with Gasteiger partial charge in [-0.05, 0) is 49.6 Å². The van der Waals surface area contributed by atoms with Crippen molar-refractivity contribution in [2.75, 3.05) is 68.6 Å². The molecule has 1 aromatic carbocycles. The van der Waals surface area contributed by atoms with Crippen molar-refractivity contribution in [3.05, 3.63) is 42.1 Å². The molecule has 0 aliphatic carbocycles. The average molecular weight is 474 g/mol. The Balaban J connectivity index is 1.60. The molecule has 1 aromatic heterocycles. The molecule has 1 N–H and O–H groups in total. The maximum atomic E-state index is 13.3. The first-order chi connectivity index (χ1) is 15.9. The van der Waals surface area contributed by atoms with Gasteiger partial charge < -0.3 is 19.9 Å². The molecule has 1 amide bonds. The van der Waals surface area contributed by atoms with E-state index in [1.165, 1.54) is 20.2 Å². The van der Waals surface area contributed by atoms with Gasteiger partial charge in [-0.15, -0.1) is 0 Å². The number of anilines is 3. The lowest BCUT2D eigenvalue weighted by Crippen LogP contribution is -2.36. The second-order valence-corrected chi connectivity index (χ2v) is 10.6. The van der Waals surface area contributed by atoms with Crippen molar-refractivity contribution < 1.29 is 17.9 Å². The summed E-state index contributed by atoms with van der Waals surface area (Å²) in [6.07, 6.45) is 4.98. The minimum Gasteiger partial charge on any atom is -0.378 e. The van der Waals surface area contributed by atoms with E-state index in [2.05, 4.69) is 20.1 Å². The van der Waals surface area contributed by atoms with E-state index in [4.69, 9.17) is 4.74 Å². The van der Waals surface area contributed by atoms with Crippen molar-refractivity contribution in [1.82, 2.24) is 9.29 Å². The fraction of sp³-hybridized carbons (Fsp3) is 0.478. The van der Waals surface area contributed by atoms with Crippen molar-refractivity contribution in [3.63, 3.8) is 0 Å². The zero-order valence-electron chi connectivity index (χ0n) is 19.2.